The van der Waals surface area contributed by atoms with Gasteiger partial charge in [-0.05, 0) is 57.2 Å². The van der Waals surface area contributed by atoms with Crippen LogP contribution in [0.25, 0.3) is 0 Å². The normalized spacial score (nSPS) is 21.9. The molecule has 25 heavy (non-hydrogen) atoms. The molecule has 0 saturated carbocycles. The van der Waals surface area contributed by atoms with Gasteiger partial charge in [0.25, 0.3) is 0 Å². The Morgan fingerprint density at radius 3 is 2.88 bits per heavy atom. The van der Waals surface area contributed by atoms with Gasteiger partial charge in [0.2, 0.25) is 0 Å². The van der Waals surface area contributed by atoms with Crippen LogP contribution in [0.2, 0.25) is 0 Å². The number of H-pyrrole nitrogens is 1. The van der Waals surface area contributed by atoms with Gasteiger partial charge in [-0.1, -0.05) is 18.2 Å². The van der Waals surface area contributed by atoms with Crippen LogP contribution < -0.4 is 4.74 Å². The van der Waals surface area contributed by atoms with E-state index in [9.17, 15) is 5.11 Å². The monoisotopic (exact) mass is 341 g/mol. The Balaban J connectivity index is 1.35. The molecule has 1 aromatic carbocycles. The quantitative estimate of drug-likeness (QED) is 0.848. The molecule has 0 amide bonds. The highest BCUT2D eigenvalue weighted by atomic mass is 16.5. The average Bonchev–Trinajstić information content (AvgIpc) is 3.27. The van der Waals surface area contributed by atoms with Crippen LogP contribution in [0.1, 0.15) is 48.9 Å². The molecular formula is C20H27N3O2. The number of hydrogen-bond donors (Lipinski definition) is 2. The number of ether oxygens (including phenoxy) is 1. The Morgan fingerprint density at radius 1 is 1.20 bits per heavy atom. The Bertz CT molecular complexity index is 662. The first-order valence-electron chi connectivity index (χ1n) is 9.47. The summed E-state index contributed by atoms with van der Waals surface area (Å²) in [5.41, 5.74) is 2.60. The first kappa shape index (κ1) is 16.6. The maximum absolute atomic E-state index is 10.4. The Kier molecular flexibility index (Phi) is 5.04. The minimum Gasteiger partial charge on any atom is -0.491 e. The summed E-state index contributed by atoms with van der Waals surface area (Å²) in [6.45, 7) is 1.96. The minimum absolute atomic E-state index is 0.303. The number of aliphatic hydroxyl groups excluding tert-OH is 1. The lowest BCUT2D eigenvalue weighted by molar-refractivity contribution is 0.0628. The molecule has 1 saturated heterocycles. The number of nitrogens with zero attached hydrogens (tertiary/aromatic N) is 2. The number of fused-ring (bicyclic) bond motifs is 1. The summed E-state index contributed by atoms with van der Waals surface area (Å²) in [6.07, 6.45) is 6.51. The van der Waals surface area contributed by atoms with Crippen LogP contribution in [0.15, 0.2) is 30.3 Å². The molecule has 1 aromatic heterocycles. The van der Waals surface area contributed by atoms with E-state index in [2.05, 4.69) is 9.88 Å². The van der Waals surface area contributed by atoms with E-state index >= 15 is 0 Å². The molecule has 1 aliphatic carbocycles. The van der Waals surface area contributed by atoms with Crippen molar-refractivity contribution < 1.29 is 9.84 Å². The summed E-state index contributed by atoms with van der Waals surface area (Å²) in [5, 5.41) is 10.4. The van der Waals surface area contributed by atoms with Crippen LogP contribution in [0, 0.1) is 0 Å². The highest BCUT2D eigenvalue weighted by Crippen LogP contribution is 2.32. The highest BCUT2D eigenvalue weighted by molar-refractivity contribution is 5.21. The van der Waals surface area contributed by atoms with Crippen molar-refractivity contribution in [2.75, 3.05) is 19.7 Å². The standard InChI is InChI=1S/C20H27N3O2/c24-15(14-25-16-7-2-1-3-8-16)13-23-12-6-11-19(23)20-21-17-9-4-5-10-18(17)22-20/h1-3,7-8,15,19,24H,4-6,9-14H2,(H,21,22)/t15-,19+/m0/s1. The SMILES string of the molecule is O[C@H](COc1ccccc1)CN1CCC[C@@H]1c1nc2c([nH]1)CCCC2. The number of aromatic amines is 1. The number of nitrogens with one attached hydrogen (secondary N) is 1. The number of rotatable bonds is 6. The molecule has 2 N–H and O–H groups in total. The van der Waals surface area contributed by atoms with Gasteiger partial charge in [-0.25, -0.2) is 4.98 Å². The summed E-state index contributed by atoms with van der Waals surface area (Å²) in [4.78, 5) is 10.8. The smallest absolute Gasteiger partial charge is 0.124 e. The van der Waals surface area contributed by atoms with Gasteiger partial charge in [0.1, 0.15) is 24.3 Å². The van der Waals surface area contributed by atoms with Crippen molar-refractivity contribution in [2.45, 2.75) is 50.7 Å². The van der Waals surface area contributed by atoms with Crippen molar-refractivity contribution >= 4 is 0 Å². The number of β-amino-alcohol motifs (C(OH)–C–C–N with tert-alkyl or cyclic N) is 1. The molecule has 2 aliphatic rings. The van der Waals surface area contributed by atoms with E-state index in [0.717, 1.165) is 43.8 Å². The van der Waals surface area contributed by atoms with Crippen molar-refractivity contribution in [1.82, 2.24) is 14.9 Å². The van der Waals surface area contributed by atoms with Crippen molar-refractivity contribution in [2.24, 2.45) is 0 Å². The van der Waals surface area contributed by atoms with Gasteiger partial charge < -0.3 is 14.8 Å². The number of imidazole rings is 1. The van der Waals surface area contributed by atoms with Gasteiger partial charge in [0.15, 0.2) is 0 Å². The summed E-state index contributed by atoms with van der Waals surface area (Å²) in [5.74, 6) is 1.90. The molecule has 4 rings (SSSR count). The van der Waals surface area contributed by atoms with Crippen molar-refractivity contribution in [3.8, 4) is 5.75 Å². The van der Waals surface area contributed by atoms with E-state index in [0.29, 0.717) is 19.2 Å². The Morgan fingerprint density at radius 2 is 2.04 bits per heavy atom. The lowest BCUT2D eigenvalue weighted by Gasteiger charge is -2.25. The number of aryl methyl sites for hydroxylation is 2. The lowest BCUT2D eigenvalue weighted by atomic mass is 10.0. The van der Waals surface area contributed by atoms with E-state index < -0.39 is 6.10 Å². The Labute approximate surface area is 149 Å². The van der Waals surface area contributed by atoms with Gasteiger partial charge in [0.05, 0.1) is 11.7 Å². The maximum atomic E-state index is 10.4. The fourth-order valence-corrected chi connectivity index (χ4v) is 4.02. The number of aliphatic hydroxyl groups is 1. The van der Waals surface area contributed by atoms with E-state index in [1.165, 1.54) is 24.2 Å². The molecule has 0 spiro atoms. The predicted octanol–water partition coefficient (Wildman–Crippen LogP) is 2.87. The van der Waals surface area contributed by atoms with Crippen molar-refractivity contribution in [1.29, 1.82) is 0 Å². The number of para-hydroxylation sites is 1. The number of benzene rings is 1. The van der Waals surface area contributed by atoms with Crippen LogP contribution in [-0.2, 0) is 12.8 Å². The number of likely N-dealkylation sites (tertiary alicyclic amines) is 1. The zero-order chi connectivity index (χ0) is 17.1. The molecule has 0 bridgehead atoms. The van der Waals surface area contributed by atoms with E-state index in [-0.39, 0.29) is 0 Å². The second-order valence-electron chi connectivity index (χ2n) is 7.19. The minimum atomic E-state index is -0.495. The highest BCUT2D eigenvalue weighted by Gasteiger charge is 2.31. The second-order valence-corrected chi connectivity index (χ2v) is 7.19. The topological polar surface area (TPSA) is 61.4 Å². The molecule has 0 unspecified atom stereocenters. The zero-order valence-electron chi connectivity index (χ0n) is 14.7. The third-order valence-corrected chi connectivity index (χ3v) is 5.28. The number of hydrogen-bond acceptors (Lipinski definition) is 4. The van der Waals surface area contributed by atoms with Gasteiger partial charge in [-0.15, -0.1) is 0 Å². The number of aromatic nitrogens is 2. The maximum Gasteiger partial charge on any atom is 0.124 e. The van der Waals surface area contributed by atoms with Crippen LogP contribution in [0.4, 0.5) is 0 Å². The van der Waals surface area contributed by atoms with Crippen LogP contribution in [0.3, 0.4) is 0 Å². The molecule has 2 atom stereocenters. The molecule has 2 aromatic rings. The first-order chi connectivity index (χ1) is 12.3. The molecule has 1 aliphatic heterocycles. The summed E-state index contributed by atoms with van der Waals surface area (Å²) >= 11 is 0. The zero-order valence-corrected chi connectivity index (χ0v) is 14.7. The van der Waals surface area contributed by atoms with Crippen molar-refractivity contribution in [3.63, 3.8) is 0 Å². The first-order valence-corrected chi connectivity index (χ1v) is 9.47. The van der Waals surface area contributed by atoms with Gasteiger partial charge >= 0.3 is 0 Å². The summed E-state index contributed by atoms with van der Waals surface area (Å²) < 4.78 is 5.69. The summed E-state index contributed by atoms with van der Waals surface area (Å²) in [6, 6.07) is 9.98. The molecule has 0 radical (unpaired) electrons. The fraction of sp³-hybridized carbons (Fsp3) is 0.550. The van der Waals surface area contributed by atoms with Crippen LogP contribution >= 0.6 is 0 Å². The van der Waals surface area contributed by atoms with Gasteiger partial charge in [0, 0.05) is 12.2 Å². The average molecular weight is 341 g/mol. The third-order valence-electron chi connectivity index (χ3n) is 5.28. The van der Waals surface area contributed by atoms with Gasteiger partial charge in [-0.3, -0.25) is 4.90 Å². The molecule has 2 heterocycles. The second kappa shape index (κ2) is 7.58. The van der Waals surface area contributed by atoms with Crippen LogP contribution in [0.5, 0.6) is 5.75 Å². The molecule has 134 valence electrons. The van der Waals surface area contributed by atoms with E-state index in [1.807, 2.05) is 30.3 Å². The predicted molar refractivity (Wildman–Crippen MR) is 96.7 cm³/mol. The lowest BCUT2D eigenvalue weighted by Crippen LogP contribution is -2.35. The molecule has 5 nitrogen and oxygen atoms in total. The van der Waals surface area contributed by atoms with Crippen molar-refractivity contribution in [3.05, 3.63) is 47.5 Å². The molecule has 5 heteroatoms. The van der Waals surface area contributed by atoms with E-state index in [4.69, 9.17) is 9.72 Å². The summed E-state index contributed by atoms with van der Waals surface area (Å²) in [7, 11) is 0. The third kappa shape index (κ3) is 3.88. The van der Waals surface area contributed by atoms with Gasteiger partial charge in [-0.2, -0.15) is 0 Å². The Hall–Kier alpha value is -1.85. The molecular weight excluding hydrogens is 314 g/mol. The largest absolute Gasteiger partial charge is 0.491 e. The van der Waals surface area contributed by atoms with E-state index in [1.54, 1.807) is 0 Å². The van der Waals surface area contributed by atoms with Crippen LogP contribution in [-0.4, -0.2) is 45.8 Å². The molecule has 1 fully saturated rings. The fourth-order valence-electron chi connectivity index (χ4n) is 4.02.